The lowest BCUT2D eigenvalue weighted by molar-refractivity contribution is -0.385. The van der Waals surface area contributed by atoms with Crippen LogP contribution in [0.1, 0.15) is 18.4 Å². The summed E-state index contributed by atoms with van der Waals surface area (Å²) in [4.78, 5) is 23.1. The van der Waals surface area contributed by atoms with Crippen LogP contribution in [-0.2, 0) is 16.1 Å². The molecule has 1 aliphatic rings. The molecular formula is C15H21N3O4. The molecule has 1 aromatic carbocycles. The highest BCUT2D eigenvalue weighted by Gasteiger charge is 2.39. The first-order chi connectivity index (χ1) is 10.6. The summed E-state index contributed by atoms with van der Waals surface area (Å²) >= 11 is 0. The smallest absolute Gasteiger partial charge is 0.274 e. The number of carbonyl (C=O) groups is 1. The number of hydrogen-bond donors (Lipinski definition) is 2. The molecule has 2 N–H and O–H groups in total. The van der Waals surface area contributed by atoms with E-state index in [0.717, 1.165) is 13.1 Å². The lowest BCUT2D eigenvalue weighted by Crippen LogP contribution is -2.50. The minimum atomic E-state index is -0.552. The molecule has 0 atom stereocenters. The van der Waals surface area contributed by atoms with Gasteiger partial charge in [0.25, 0.3) is 5.69 Å². The zero-order valence-electron chi connectivity index (χ0n) is 12.6. The van der Waals surface area contributed by atoms with Crippen molar-refractivity contribution in [3.8, 4) is 0 Å². The number of methoxy groups -OCH3 is 1. The normalized spacial score (nSPS) is 17.0. The van der Waals surface area contributed by atoms with E-state index in [0.29, 0.717) is 25.0 Å². The van der Waals surface area contributed by atoms with Gasteiger partial charge in [0, 0.05) is 25.3 Å². The molecule has 1 heterocycles. The first-order valence-corrected chi connectivity index (χ1v) is 7.29. The third-order valence-electron chi connectivity index (χ3n) is 4.09. The third kappa shape index (κ3) is 3.61. The number of nitrogens with zero attached hydrogens (tertiary/aromatic N) is 1. The van der Waals surface area contributed by atoms with Crippen molar-refractivity contribution >= 4 is 11.6 Å². The van der Waals surface area contributed by atoms with E-state index >= 15 is 0 Å². The molecule has 0 unspecified atom stereocenters. The van der Waals surface area contributed by atoms with Gasteiger partial charge in [0.2, 0.25) is 5.91 Å². The van der Waals surface area contributed by atoms with Gasteiger partial charge in [-0.2, -0.15) is 0 Å². The van der Waals surface area contributed by atoms with Gasteiger partial charge in [-0.05, 0) is 25.9 Å². The van der Waals surface area contributed by atoms with Crippen molar-refractivity contribution in [2.45, 2.75) is 19.4 Å². The molecule has 1 fully saturated rings. The van der Waals surface area contributed by atoms with Gasteiger partial charge in [-0.25, -0.2) is 0 Å². The number of nitro groups is 1. The summed E-state index contributed by atoms with van der Waals surface area (Å²) in [5.41, 5.74) is -0.0277. The van der Waals surface area contributed by atoms with E-state index in [1.54, 1.807) is 25.3 Å². The van der Waals surface area contributed by atoms with Gasteiger partial charge in [0.15, 0.2) is 0 Å². The van der Waals surface area contributed by atoms with Crippen LogP contribution in [0.5, 0.6) is 0 Å². The number of rotatable bonds is 6. The molecule has 0 spiro atoms. The maximum absolute atomic E-state index is 12.6. The highest BCUT2D eigenvalue weighted by Crippen LogP contribution is 2.29. The van der Waals surface area contributed by atoms with E-state index in [2.05, 4.69) is 10.6 Å². The Kier molecular flexibility index (Phi) is 5.46. The average Bonchev–Trinajstić information content (AvgIpc) is 2.54. The fourth-order valence-electron chi connectivity index (χ4n) is 2.82. The molecule has 2 rings (SSSR count). The van der Waals surface area contributed by atoms with Gasteiger partial charge >= 0.3 is 0 Å². The van der Waals surface area contributed by atoms with Crippen molar-refractivity contribution in [2.24, 2.45) is 5.41 Å². The fourth-order valence-corrected chi connectivity index (χ4v) is 2.82. The van der Waals surface area contributed by atoms with Crippen molar-refractivity contribution < 1.29 is 14.5 Å². The molecule has 7 heteroatoms. The molecule has 0 aromatic heterocycles. The van der Waals surface area contributed by atoms with E-state index in [9.17, 15) is 14.9 Å². The summed E-state index contributed by atoms with van der Waals surface area (Å²) < 4.78 is 5.22. The van der Waals surface area contributed by atoms with Crippen LogP contribution in [0.4, 0.5) is 5.69 Å². The first-order valence-electron chi connectivity index (χ1n) is 7.29. The highest BCUT2D eigenvalue weighted by atomic mass is 16.6. The first kappa shape index (κ1) is 16.4. The van der Waals surface area contributed by atoms with Crippen molar-refractivity contribution in [3.63, 3.8) is 0 Å². The van der Waals surface area contributed by atoms with Gasteiger partial charge in [-0.3, -0.25) is 14.9 Å². The quantitative estimate of drug-likeness (QED) is 0.609. The Hall–Kier alpha value is -1.99. The minimum absolute atomic E-state index is 0.0221. The van der Waals surface area contributed by atoms with Crippen LogP contribution in [0.3, 0.4) is 0 Å². The Morgan fingerprint density at radius 1 is 1.41 bits per heavy atom. The number of nitrogens with one attached hydrogen (secondary N) is 2. The maximum Gasteiger partial charge on any atom is 0.274 e. The lowest BCUT2D eigenvalue weighted by atomic mass is 9.78. The predicted octanol–water partition coefficient (Wildman–Crippen LogP) is 1.23. The number of hydrogen-bond acceptors (Lipinski definition) is 5. The molecule has 22 heavy (non-hydrogen) atoms. The van der Waals surface area contributed by atoms with Gasteiger partial charge < -0.3 is 15.4 Å². The van der Waals surface area contributed by atoms with E-state index in [-0.39, 0.29) is 18.1 Å². The van der Waals surface area contributed by atoms with Crippen LogP contribution in [0, 0.1) is 15.5 Å². The second-order valence-electron chi connectivity index (χ2n) is 5.53. The van der Waals surface area contributed by atoms with E-state index in [1.165, 1.54) is 6.07 Å². The maximum atomic E-state index is 12.6. The molecule has 1 amide bonds. The van der Waals surface area contributed by atoms with E-state index < -0.39 is 10.3 Å². The lowest BCUT2D eigenvalue weighted by Gasteiger charge is -2.35. The molecule has 0 saturated carbocycles. The molecule has 1 saturated heterocycles. The molecule has 120 valence electrons. The van der Waals surface area contributed by atoms with Crippen molar-refractivity contribution in [1.29, 1.82) is 0 Å². The van der Waals surface area contributed by atoms with Crippen LogP contribution >= 0.6 is 0 Å². The number of piperidine rings is 1. The van der Waals surface area contributed by atoms with Crippen LogP contribution in [0.25, 0.3) is 0 Å². The number of benzene rings is 1. The van der Waals surface area contributed by atoms with Crippen molar-refractivity contribution in [3.05, 3.63) is 39.9 Å². The van der Waals surface area contributed by atoms with Gasteiger partial charge in [-0.15, -0.1) is 0 Å². The Morgan fingerprint density at radius 2 is 2.09 bits per heavy atom. The Labute approximate surface area is 129 Å². The number of amides is 1. The largest absolute Gasteiger partial charge is 0.384 e. The number of nitro benzene ring substituents is 1. The van der Waals surface area contributed by atoms with E-state index in [1.807, 2.05) is 0 Å². The molecular weight excluding hydrogens is 286 g/mol. The molecule has 0 bridgehead atoms. The van der Waals surface area contributed by atoms with E-state index in [4.69, 9.17) is 4.74 Å². The predicted molar refractivity (Wildman–Crippen MR) is 81.4 cm³/mol. The van der Waals surface area contributed by atoms with Crippen molar-refractivity contribution in [1.82, 2.24) is 10.6 Å². The van der Waals surface area contributed by atoms with Crippen LogP contribution < -0.4 is 10.6 Å². The zero-order chi connectivity index (χ0) is 16.0. The van der Waals surface area contributed by atoms with Crippen molar-refractivity contribution in [2.75, 3.05) is 26.8 Å². The number of ether oxygens (including phenoxy) is 1. The Balaban J connectivity index is 2.06. The van der Waals surface area contributed by atoms with Gasteiger partial charge in [-0.1, -0.05) is 18.2 Å². The summed E-state index contributed by atoms with van der Waals surface area (Å²) in [6.45, 7) is 2.04. The summed E-state index contributed by atoms with van der Waals surface area (Å²) in [6, 6.07) is 6.44. The summed E-state index contributed by atoms with van der Waals surface area (Å²) in [7, 11) is 1.58. The van der Waals surface area contributed by atoms with Crippen LogP contribution in [0.2, 0.25) is 0 Å². The van der Waals surface area contributed by atoms with Gasteiger partial charge in [0.1, 0.15) is 0 Å². The summed E-state index contributed by atoms with van der Waals surface area (Å²) in [6.07, 6.45) is 1.40. The SMILES string of the molecule is COCC1(C(=O)NCc2ccccc2[N+](=O)[O-])CCNCC1. The van der Waals surface area contributed by atoms with Crippen LogP contribution in [0.15, 0.2) is 24.3 Å². The Bertz CT molecular complexity index is 536. The Morgan fingerprint density at radius 3 is 2.73 bits per heavy atom. The standard InChI is InChI=1S/C15H21N3O4/c1-22-11-15(6-8-16-9-7-15)14(19)17-10-12-4-2-3-5-13(12)18(20)21/h2-5,16H,6-11H2,1H3,(H,17,19). The average molecular weight is 307 g/mol. The summed E-state index contributed by atoms with van der Waals surface area (Å²) in [5, 5.41) is 17.1. The molecule has 0 aliphatic carbocycles. The summed E-state index contributed by atoms with van der Waals surface area (Å²) in [5.74, 6) is -0.103. The minimum Gasteiger partial charge on any atom is -0.384 e. The fraction of sp³-hybridized carbons (Fsp3) is 0.533. The zero-order valence-corrected chi connectivity index (χ0v) is 12.6. The molecule has 0 radical (unpaired) electrons. The molecule has 1 aliphatic heterocycles. The number of para-hydroxylation sites is 1. The third-order valence-corrected chi connectivity index (χ3v) is 4.09. The monoisotopic (exact) mass is 307 g/mol. The topological polar surface area (TPSA) is 93.5 Å². The number of carbonyl (C=O) groups excluding carboxylic acids is 1. The molecule has 1 aromatic rings. The second-order valence-corrected chi connectivity index (χ2v) is 5.53. The van der Waals surface area contributed by atoms with Crippen LogP contribution in [-0.4, -0.2) is 37.6 Å². The second kappa shape index (κ2) is 7.33. The molecule has 7 nitrogen and oxygen atoms in total. The highest BCUT2D eigenvalue weighted by molar-refractivity contribution is 5.83. The van der Waals surface area contributed by atoms with Gasteiger partial charge in [0.05, 0.1) is 16.9 Å².